The Bertz CT molecular complexity index is 654. The van der Waals surface area contributed by atoms with Crippen LogP contribution in [0.1, 0.15) is 11.4 Å². The van der Waals surface area contributed by atoms with Gasteiger partial charge in [-0.25, -0.2) is 9.78 Å². The summed E-state index contributed by atoms with van der Waals surface area (Å²) in [5.74, 6) is -0.386. The van der Waals surface area contributed by atoms with Crippen molar-refractivity contribution >= 4 is 12.0 Å². The summed E-state index contributed by atoms with van der Waals surface area (Å²) in [4.78, 5) is 15.3. The maximum Gasteiger partial charge on any atom is 0.330 e. The molecule has 0 radical (unpaired) electrons. The molecule has 0 spiro atoms. The average molecular weight is 300 g/mol. The number of ether oxygens (including phenoxy) is 1. The molecule has 0 aliphatic carbocycles. The lowest BCUT2D eigenvalue weighted by Crippen LogP contribution is -2.04. The van der Waals surface area contributed by atoms with Crippen molar-refractivity contribution in [1.82, 2.24) is 14.1 Å². The van der Waals surface area contributed by atoms with Crippen molar-refractivity contribution in [3.05, 3.63) is 60.5 Å². The minimum Gasteiger partial charge on any atom is -0.458 e. The molecule has 0 aromatic carbocycles. The molecule has 2 aromatic heterocycles. The summed E-state index contributed by atoms with van der Waals surface area (Å²) in [5.41, 5.74) is 7.47. The lowest BCUT2D eigenvalue weighted by molar-refractivity contribution is -0.136. The average Bonchev–Trinajstić information content (AvgIpc) is 3.14. The first-order valence-electron chi connectivity index (χ1n) is 7.01. The fraction of sp³-hybridized carbons (Fsp3) is 0.250. The number of carbonyl (C=O) groups excluding carboxylic acids is 1. The van der Waals surface area contributed by atoms with Crippen LogP contribution in [-0.2, 0) is 23.1 Å². The predicted octanol–water partition coefficient (Wildman–Crippen LogP) is 1.34. The van der Waals surface area contributed by atoms with Crippen LogP contribution in [0.5, 0.6) is 0 Å². The van der Waals surface area contributed by atoms with E-state index in [0.717, 1.165) is 12.2 Å². The number of nitrogens with two attached hydrogens (primary N) is 1. The number of nitrogens with zero attached hydrogens (tertiary/aromatic N) is 3. The first-order chi connectivity index (χ1) is 10.7. The fourth-order valence-electron chi connectivity index (χ4n) is 1.98. The Morgan fingerprint density at radius 3 is 3.00 bits per heavy atom. The van der Waals surface area contributed by atoms with Gasteiger partial charge >= 0.3 is 5.97 Å². The normalized spacial score (nSPS) is 11.5. The highest BCUT2D eigenvalue weighted by Crippen LogP contribution is 2.10. The lowest BCUT2D eigenvalue weighted by Gasteiger charge is -2.06. The molecule has 0 saturated carbocycles. The van der Waals surface area contributed by atoms with Gasteiger partial charge in [-0.2, -0.15) is 0 Å². The molecular weight excluding hydrogens is 280 g/mol. The summed E-state index contributed by atoms with van der Waals surface area (Å²) >= 11 is 0. The van der Waals surface area contributed by atoms with Gasteiger partial charge in [0.15, 0.2) is 0 Å². The molecule has 116 valence electrons. The third-order valence-corrected chi connectivity index (χ3v) is 3.17. The third kappa shape index (κ3) is 4.46. The second-order valence-electron chi connectivity index (χ2n) is 4.71. The van der Waals surface area contributed by atoms with E-state index in [-0.39, 0.29) is 12.6 Å². The molecule has 0 aliphatic rings. The molecule has 0 saturated heterocycles. The monoisotopic (exact) mass is 300 g/mol. The van der Waals surface area contributed by atoms with Crippen LogP contribution in [0.25, 0.3) is 6.08 Å². The summed E-state index contributed by atoms with van der Waals surface area (Å²) in [6.45, 7) is 1.33. The smallest absolute Gasteiger partial charge is 0.330 e. The molecule has 0 aliphatic heterocycles. The zero-order chi connectivity index (χ0) is 15.8. The standard InChI is InChI=1S/C16H20N4O2/c1-19-14(4-3-11-22-16(21)5-2-8-17)6-7-15(19)12-20-10-9-18-13-20/h2-7,9-10,13H,8,11-12,17H2,1H3. The lowest BCUT2D eigenvalue weighted by atomic mass is 10.4. The zero-order valence-corrected chi connectivity index (χ0v) is 12.6. The van der Waals surface area contributed by atoms with E-state index in [1.54, 1.807) is 18.6 Å². The number of hydrogen-bond acceptors (Lipinski definition) is 4. The van der Waals surface area contributed by atoms with Gasteiger partial charge in [0.05, 0.1) is 12.9 Å². The molecule has 2 heterocycles. The van der Waals surface area contributed by atoms with Gasteiger partial charge in [-0.1, -0.05) is 6.08 Å². The van der Waals surface area contributed by atoms with Crippen molar-refractivity contribution in [3.63, 3.8) is 0 Å². The summed E-state index contributed by atoms with van der Waals surface area (Å²) < 4.78 is 9.11. The van der Waals surface area contributed by atoms with Crippen molar-refractivity contribution in [2.45, 2.75) is 6.54 Å². The van der Waals surface area contributed by atoms with E-state index in [0.29, 0.717) is 6.54 Å². The minimum absolute atomic E-state index is 0.232. The maximum absolute atomic E-state index is 11.2. The number of imidazole rings is 1. The molecule has 0 bridgehead atoms. The molecule has 0 atom stereocenters. The van der Waals surface area contributed by atoms with Crippen LogP contribution in [0.3, 0.4) is 0 Å². The second kappa shape index (κ2) is 7.99. The Hall–Kier alpha value is -2.60. The Morgan fingerprint density at radius 2 is 2.27 bits per heavy atom. The Morgan fingerprint density at radius 1 is 1.41 bits per heavy atom. The number of rotatable bonds is 7. The van der Waals surface area contributed by atoms with Gasteiger partial charge in [0.2, 0.25) is 0 Å². The van der Waals surface area contributed by atoms with E-state index in [9.17, 15) is 4.79 Å². The molecule has 6 nitrogen and oxygen atoms in total. The fourth-order valence-corrected chi connectivity index (χ4v) is 1.98. The van der Waals surface area contributed by atoms with Gasteiger partial charge in [-0.05, 0) is 24.3 Å². The largest absolute Gasteiger partial charge is 0.458 e. The highest BCUT2D eigenvalue weighted by Gasteiger charge is 2.03. The van der Waals surface area contributed by atoms with Crippen LogP contribution in [0, 0.1) is 0 Å². The first-order valence-corrected chi connectivity index (χ1v) is 7.01. The zero-order valence-electron chi connectivity index (χ0n) is 12.6. The summed E-state index contributed by atoms with van der Waals surface area (Å²) in [6.07, 6.45) is 12.1. The van der Waals surface area contributed by atoms with Gasteiger partial charge in [-0.15, -0.1) is 0 Å². The van der Waals surface area contributed by atoms with Gasteiger partial charge in [-0.3, -0.25) is 0 Å². The van der Waals surface area contributed by atoms with Crippen LogP contribution >= 0.6 is 0 Å². The first kappa shape index (κ1) is 15.8. The number of aromatic nitrogens is 3. The van der Waals surface area contributed by atoms with Crippen molar-refractivity contribution in [2.75, 3.05) is 13.2 Å². The highest BCUT2D eigenvalue weighted by molar-refractivity contribution is 5.82. The maximum atomic E-state index is 11.2. The number of hydrogen-bond donors (Lipinski definition) is 1. The van der Waals surface area contributed by atoms with E-state index in [1.165, 1.54) is 11.8 Å². The van der Waals surface area contributed by atoms with E-state index < -0.39 is 0 Å². The highest BCUT2D eigenvalue weighted by atomic mass is 16.5. The molecular formula is C16H20N4O2. The SMILES string of the molecule is Cn1c(C=CCOC(=O)C=CCN)ccc1Cn1ccnc1. The third-order valence-electron chi connectivity index (χ3n) is 3.17. The molecule has 0 unspecified atom stereocenters. The van der Waals surface area contributed by atoms with Crippen molar-refractivity contribution in [1.29, 1.82) is 0 Å². The van der Waals surface area contributed by atoms with Crippen molar-refractivity contribution < 1.29 is 9.53 Å². The molecule has 0 amide bonds. The van der Waals surface area contributed by atoms with Crippen LogP contribution in [0.15, 0.2) is 49.1 Å². The van der Waals surface area contributed by atoms with E-state index in [4.69, 9.17) is 10.5 Å². The van der Waals surface area contributed by atoms with Gasteiger partial charge in [0.1, 0.15) is 6.61 Å². The molecule has 6 heteroatoms. The summed E-state index contributed by atoms with van der Waals surface area (Å²) in [7, 11) is 2.00. The van der Waals surface area contributed by atoms with Crippen LogP contribution in [0.4, 0.5) is 0 Å². The van der Waals surface area contributed by atoms with E-state index in [2.05, 4.69) is 15.6 Å². The number of esters is 1. The van der Waals surface area contributed by atoms with Crippen molar-refractivity contribution in [2.24, 2.45) is 12.8 Å². The van der Waals surface area contributed by atoms with Crippen LogP contribution in [0.2, 0.25) is 0 Å². The minimum atomic E-state index is -0.386. The number of carbonyl (C=O) groups is 1. The molecule has 22 heavy (non-hydrogen) atoms. The predicted molar refractivity (Wildman–Crippen MR) is 84.9 cm³/mol. The molecule has 2 N–H and O–H groups in total. The summed E-state index contributed by atoms with van der Waals surface area (Å²) in [5, 5.41) is 0. The Balaban J connectivity index is 1.88. The van der Waals surface area contributed by atoms with Crippen LogP contribution in [-0.4, -0.2) is 33.2 Å². The van der Waals surface area contributed by atoms with Gasteiger partial charge in [0.25, 0.3) is 0 Å². The van der Waals surface area contributed by atoms with Crippen LogP contribution < -0.4 is 5.73 Å². The topological polar surface area (TPSA) is 75.1 Å². The quantitative estimate of drug-likeness (QED) is 0.618. The molecule has 2 aromatic rings. The Kier molecular flexibility index (Phi) is 5.73. The van der Waals surface area contributed by atoms with Gasteiger partial charge < -0.3 is 19.6 Å². The second-order valence-corrected chi connectivity index (χ2v) is 4.71. The summed E-state index contributed by atoms with van der Waals surface area (Å²) in [6, 6.07) is 4.09. The van der Waals surface area contributed by atoms with Gasteiger partial charge in [0, 0.05) is 43.4 Å². The van der Waals surface area contributed by atoms with Crippen molar-refractivity contribution in [3.8, 4) is 0 Å². The molecule has 0 fully saturated rings. The Labute approximate surface area is 129 Å². The molecule has 2 rings (SSSR count). The van der Waals surface area contributed by atoms with E-state index in [1.807, 2.05) is 36.0 Å². The van der Waals surface area contributed by atoms with E-state index >= 15 is 0 Å².